The number of morpholine rings is 1. The first-order valence-electron chi connectivity index (χ1n) is 11.0. The Morgan fingerprint density at radius 2 is 1.94 bits per heavy atom. The van der Waals surface area contributed by atoms with Crippen LogP contribution in [0.1, 0.15) is 22.4 Å². The van der Waals surface area contributed by atoms with E-state index < -0.39 is 11.6 Å². The van der Waals surface area contributed by atoms with Gasteiger partial charge in [0.25, 0.3) is 5.56 Å². The fraction of sp³-hybridized carbons (Fsp3) is 0.478. The average molecular weight is 461 g/mol. The molecule has 0 bridgehead atoms. The molecule has 1 aliphatic heterocycles. The van der Waals surface area contributed by atoms with E-state index in [9.17, 15) is 13.6 Å². The molecule has 170 valence electrons. The summed E-state index contributed by atoms with van der Waals surface area (Å²) in [7, 11) is 0. The van der Waals surface area contributed by atoms with Crippen LogP contribution >= 0.6 is 11.3 Å². The molecule has 2 aromatic heterocycles. The first-order valence-corrected chi connectivity index (χ1v) is 11.9. The van der Waals surface area contributed by atoms with Gasteiger partial charge in [0.05, 0.1) is 24.9 Å². The summed E-state index contributed by atoms with van der Waals surface area (Å²) in [5, 5.41) is 4.18. The minimum atomic E-state index is -0.562. The van der Waals surface area contributed by atoms with Crippen LogP contribution in [0.15, 0.2) is 29.3 Å². The highest BCUT2D eigenvalue weighted by Crippen LogP contribution is 2.33. The number of aryl methyl sites for hydroxylation is 1. The molecule has 0 unspecified atom stereocenters. The topological polar surface area (TPSA) is 59.4 Å². The SMILES string of the molecule is O=c1c2c3c(sc2ncn1CCN1CCOCC1)C[C@H](NCc1cc(F)cc(F)c1)CC3. The lowest BCUT2D eigenvalue weighted by Gasteiger charge is -2.26. The molecule has 2 aliphatic rings. The van der Waals surface area contributed by atoms with Crippen molar-refractivity contribution in [3.05, 3.63) is 62.5 Å². The predicted octanol–water partition coefficient (Wildman–Crippen LogP) is 2.72. The lowest BCUT2D eigenvalue weighted by atomic mass is 9.93. The summed E-state index contributed by atoms with van der Waals surface area (Å²) in [4.78, 5) is 22.1. The Morgan fingerprint density at radius 3 is 2.72 bits per heavy atom. The maximum atomic E-state index is 13.4. The maximum Gasteiger partial charge on any atom is 0.262 e. The molecule has 0 radical (unpaired) electrons. The van der Waals surface area contributed by atoms with Crippen molar-refractivity contribution in [2.75, 3.05) is 32.8 Å². The van der Waals surface area contributed by atoms with Crippen LogP contribution in [0.4, 0.5) is 8.78 Å². The number of benzene rings is 1. The number of halogens is 2. The predicted molar refractivity (Wildman–Crippen MR) is 120 cm³/mol. The van der Waals surface area contributed by atoms with Crippen molar-refractivity contribution in [2.45, 2.75) is 38.4 Å². The van der Waals surface area contributed by atoms with E-state index >= 15 is 0 Å². The zero-order valence-electron chi connectivity index (χ0n) is 17.8. The molecule has 0 saturated carbocycles. The van der Waals surface area contributed by atoms with Crippen molar-refractivity contribution in [2.24, 2.45) is 0 Å². The average Bonchev–Trinajstić information content (AvgIpc) is 3.16. The van der Waals surface area contributed by atoms with Crippen molar-refractivity contribution in [1.29, 1.82) is 0 Å². The van der Waals surface area contributed by atoms with Gasteiger partial charge in [0.1, 0.15) is 16.5 Å². The van der Waals surface area contributed by atoms with Gasteiger partial charge < -0.3 is 10.1 Å². The molecule has 0 spiro atoms. The second-order valence-electron chi connectivity index (χ2n) is 8.48. The number of nitrogens with one attached hydrogen (secondary N) is 1. The van der Waals surface area contributed by atoms with Gasteiger partial charge in [0.15, 0.2) is 0 Å². The van der Waals surface area contributed by atoms with Crippen LogP contribution in [0.2, 0.25) is 0 Å². The van der Waals surface area contributed by atoms with E-state index in [1.165, 1.54) is 17.0 Å². The summed E-state index contributed by atoms with van der Waals surface area (Å²) in [6.45, 7) is 5.13. The Bertz CT molecular complexity index is 1150. The number of fused-ring (bicyclic) bond motifs is 3. The summed E-state index contributed by atoms with van der Waals surface area (Å²) in [5.74, 6) is -1.12. The summed E-state index contributed by atoms with van der Waals surface area (Å²) < 4.78 is 34.0. The molecule has 6 nitrogen and oxygen atoms in total. The number of aromatic nitrogens is 2. The fourth-order valence-electron chi connectivity index (χ4n) is 4.58. The van der Waals surface area contributed by atoms with E-state index in [2.05, 4.69) is 15.2 Å². The summed E-state index contributed by atoms with van der Waals surface area (Å²) in [6, 6.07) is 3.79. The molecule has 1 aromatic carbocycles. The zero-order chi connectivity index (χ0) is 22.1. The number of thiophene rings is 1. The molecule has 0 amide bonds. The van der Waals surface area contributed by atoms with Crippen molar-refractivity contribution in [3.8, 4) is 0 Å². The second kappa shape index (κ2) is 9.35. The molecule has 9 heteroatoms. The van der Waals surface area contributed by atoms with Gasteiger partial charge in [-0.15, -0.1) is 11.3 Å². The summed E-state index contributed by atoms with van der Waals surface area (Å²) in [6.07, 6.45) is 4.14. The van der Waals surface area contributed by atoms with Gasteiger partial charge in [-0.05, 0) is 42.5 Å². The van der Waals surface area contributed by atoms with E-state index in [4.69, 9.17) is 4.74 Å². The quantitative estimate of drug-likeness (QED) is 0.613. The first-order chi connectivity index (χ1) is 15.6. The minimum Gasteiger partial charge on any atom is -0.379 e. The van der Waals surface area contributed by atoms with Crippen LogP contribution in [0.25, 0.3) is 10.2 Å². The molecular formula is C23H26F2N4O2S. The molecule has 1 aliphatic carbocycles. The Balaban J connectivity index is 1.28. The highest BCUT2D eigenvalue weighted by Gasteiger charge is 2.25. The Kier molecular flexibility index (Phi) is 6.32. The van der Waals surface area contributed by atoms with E-state index in [0.717, 1.165) is 74.0 Å². The molecule has 1 atom stereocenters. The maximum absolute atomic E-state index is 13.4. The van der Waals surface area contributed by atoms with Crippen LogP contribution in [0.5, 0.6) is 0 Å². The van der Waals surface area contributed by atoms with Gasteiger partial charge in [0.2, 0.25) is 0 Å². The molecule has 32 heavy (non-hydrogen) atoms. The highest BCUT2D eigenvalue weighted by molar-refractivity contribution is 7.18. The molecule has 3 heterocycles. The Labute approximate surface area is 188 Å². The number of rotatable bonds is 6. The van der Waals surface area contributed by atoms with Gasteiger partial charge in [-0.2, -0.15) is 0 Å². The number of hydrogen-bond acceptors (Lipinski definition) is 6. The number of ether oxygens (including phenoxy) is 1. The molecule has 5 rings (SSSR count). The third-order valence-corrected chi connectivity index (χ3v) is 7.48. The normalized spacial score (nSPS) is 19.4. The molecule has 3 aromatic rings. The third-order valence-electron chi connectivity index (χ3n) is 6.31. The van der Waals surface area contributed by atoms with Crippen molar-refractivity contribution < 1.29 is 13.5 Å². The van der Waals surface area contributed by atoms with Gasteiger partial charge in [0, 0.05) is 49.7 Å². The Hall–Kier alpha value is -2.20. The van der Waals surface area contributed by atoms with E-state index in [0.29, 0.717) is 18.7 Å². The monoisotopic (exact) mass is 460 g/mol. The third kappa shape index (κ3) is 4.61. The standard InChI is InChI=1S/C23H26F2N4O2S/c24-16-9-15(10-17(25)11-16)13-26-18-1-2-19-20(12-18)32-22-21(19)23(30)29(14-27-22)4-3-28-5-7-31-8-6-28/h9-11,14,18,26H,1-8,12-13H2/t18-/m1/s1. The van der Waals surface area contributed by atoms with Crippen LogP contribution < -0.4 is 10.9 Å². The molecule has 1 saturated heterocycles. The zero-order valence-corrected chi connectivity index (χ0v) is 18.6. The first kappa shape index (κ1) is 21.6. The molecular weight excluding hydrogens is 434 g/mol. The van der Waals surface area contributed by atoms with Gasteiger partial charge in [-0.25, -0.2) is 13.8 Å². The van der Waals surface area contributed by atoms with Crippen LogP contribution in [0, 0.1) is 11.6 Å². The van der Waals surface area contributed by atoms with Crippen molar-refractivity contribution in [1.82, 2.24) is 19.8 Å². The second-order valence-corrected chi connectivity index (χ2v) is 9.56. The Morgan fingerprint density at radius 1 is 1.16 bits per heavy atom. The smallest absolute Gasteiger partial charge is 0.262 e. The van der Waals surface area contributed by atoms with Crippen LogP contribution in [-0.2, 0) is 30.7 Å². The fourth-order valence-corrected chi connectivity index (χ4v) is 5.84. The van der Waals surface area contributed by atoms with Crippen molar-refractivity contribution in [3.63, 3.8) is 0 Å². The molecule has 1 fully saturated rings. The largest absolute Gasteiger partial charge is 0.379 e. The van der Waals surface area contributed by atoms with Gasteiger partial charge in [-0.1, -0.05) is 0 Å². The lowest BCUT2D eigenvalue weighted by molar-refractivity contribution is 0.0362. The van der Waals surface area contributed by atoms with Gasteiger partial charge >= 0.3 is 0 Å². The van der Waals surface area contributed by atoms with Gasteiger partial charge in [-0.3, -0.25) is 14.3 Å². The van der Waals surface area contributed by atoms with E-state index in [1.54, 1.807) is 22.2 Å². The number of nitrogens with zero attached hydrogens (tertiary/aromatic N) is 3. The van der Waals surface area contributed by atoms with Crippen LogP contribution in [-0.4, -0.2) is 53.3 Å². The lowest BCUT2D eigenvalue weighted by Crippen LogP contribution is -2.39. The molecule has 1 N–H and O–H groups in total. The summed E-state index contributed by atoms with van der Waals surface area (Å²) in [5.41, 5.74) is 1.76. The highest BCUT2D eigenvalue weighted by atomic mass is 32.1. The van der Waals surface area contributed by atoms with Crippen LogP contribution in [0.3, 0.4) is 0 Å². The minimum absolute atomic E-state index is 0.0439. The van der Waals surface area contributed by atoms with E-state index in [-0.39, 0.29) is 11.6 Å². The number of hydrogen-bond donors (Lipinski definition) is 1. The van der Waals surface area contributed by atoms with Crippen molar-refractivity contribution >= 4 is 21.6 Å². The van der Waals surface area contributed by atoms with E-state index in [1.807, 2.05) is 0 Å². The summed E-state index contributed by atoms with van der Waals surface area (Å²) >= 11 is 1.59.